The third-order valence-electron chi connectivity index (χ3n) is 4.01. The molecule has 1 amide bonds. The Morgan fingerprint density at radius 2 is 1.79 bits per heavy atom. The van der Waals surface area contributed by atoms with Crippen molar-refractivity contribution < 1.29 is 22.7 Å². The molecular formula is C20H24N2O5S. The fraction of sp³-hybridized carbons (Fsp3) is 0.300. The number of rotatable bonds is 7. The summed E-state index contributed by atoms with van der Waals surface area (Å²) < 4.78 is 30.6. The van der Waals surface area contributed by atoms with Crippen LogP contribution in [0.5, 0.6) is 0 Å². The van der Waals surface area contributed by atoms with Crippen molar-refractivity contribution >= 4 is 33.3 Å². The van der Waals surface area contributed by atoms with Gasteiger partial charge in [-0.1, -0.05) is 29.8 Å². The van der Waals surface area contributed by atoms with Crippen LogP contribution < -0.4 is 9.62 Å². The fourth-order valence-corrected chi connectivity index (χ4v) is 3.68. The molecule has 0 aromatic heterocycles. The van der Waals surface area contributed by atoms with Crippen LogP contribution >= 0.6 is 0 Å². The third kappa shape index (κ3) is 5.32. The molecule has 0 aliphatic carbocycles. The molecule has 0 radical (unpaired) electrons. The molecule has 0 atom stereocenters. The Kier molecular flexibility index (Phi) is 6.80. The Hall–Kier alpha value is -2.87. The van der Waals surface area contributed by atoms with Crippen LogP contribution in [0.15, 0.2) is 42.5 Å². The highest BCUT2D eigenvalue weighted by atomic mass is 32.2. The number of ether oxygens (including phenoxy) is 1. The zero-order valence-corrected chi connectivity index (χ0v) is 17.2. The van der Waals surface area contributed by atoms with Crippen molar-refractivity contribution in [3.05, 3.63) is 59.2 Å². The smallest absolute Gasteiger partial charge is 0.340 e. The number of hydrogen-bond donors (Lipinski definition) is 1. The maximum Gasteiger partial charge on any atom is 0.340 e. The van der Waals surface area contributed by atoms with Gasteiger partial charge in [-0.2, -0.15) is 0 Å². The minimum absolute atomic E-state index is 0.204. The minimum Gasteiger partial charge on any atom is -0.462 e. The monoisotopic (exact) mass is 404 g/mol. The number of esters is 1. The number of nitrogens with one attached hydrogen (secondary N) is 1. The van der Waals surface area contributed by atoms with Crippen molar-refractivity contribution in [3.8, 4) is 0 Å². The molecule has 0 saturated heterocycles. The highest BCUT2D eigenvalue weighted by molar-refractivity contribution is 7.92. The second kappa shape index (κ2) is 8.88. The van der Waals surface area contributed by atoms with Crippen molar-refractivity contribution in [2.24, 2.45) is 0 Å². The highest BCUT2D eigenvalue weighted by Gasteiger charge is 2.23. The van der Waals surface area contributed by atoms with E-state index in [2.05, 4.69) is 5.32 Å². The number of hydrogen-bond acceptors (Lipinski definition) is 5. The van der Waals surface area contributed by atoms with E-state index >= 15 is 0 Å². The second-order valence-corrected chi connectivity index (χ2v) is 8.28. The molecule has 1 N–H and O–H groups in total. The summed E-state index contributed by atoms with van der Waals surface area (Å²) in [5, 5.41) is 2.61. The molecule has 2 aromatic rings. The Morgan fingerprint density at radius 3 is 2.39 bits per heavy atom. The van der Waals surface area contributed by atoms with Gasteiger partial charge in [0.1, 0.15) is 6.54 Å². The first-order chi connectivity index (χ1) is 13.1. The summed E-state index contributed by atoms with van der Waals surface area (Å²) in [7, 11) is -3.69. The SMILES string of the molecule is CCOC(=O)c1ccccc1NC(=O)CN(c1ccc(C)cc1C)S(C)(=O)=O. The quantitative estimate of drug-likeness (QED) is 0.717. The lowest BCUT2D eigenvalue weighted by atomic mass is 10.1. The number of anilines is 2. The van der Waals surface area contributed by atoms with E-state index in [0.29, 0.717) is 5.69 Å². The van der Waals surface area contributed by atoms with Crippen molar-refractivity contribution in [3.63, 3.8) is 0 Å². The molecule has 0 fully saturated rings. The number of benzene rings is 2. The molecule has 28 heavy (non-hydrogen) atoms. The number of carbonyl (C=O) groups excluding carboxylic acids is 2. The lowest BCUT2D eigenvalue weighted by molar-refractivity contribution is -0.114. The number of aryl methyl sites for hydroxylation is 2. The van der Waals surface area contributed by atoms with Gasteiger partial charge in [-0.25, -0.2) is 13.2 Å². The zero-order chi connectivity index (χ0) is 20.9. The summed E-state index contributed by atoms with van der Waals surface area (Å²) in [5.41, 5.74) is 2.63. The van der Waals surface area contributed by atoms with Gasteiger partial charge in [-0.3, -0.25) is 9.10 Å². The highest BCUT2D eigenvalue weighted by Crippen LogP contribution is 2.24. The van der Waals surface area contributed by atoms with Gasteiger partial charge in [-0.15, -0.1) is 0 Å². The van der Waals surface area contributed by atoms with Gasteiger partial charge in [0.05, 0.1) is 29.8 Å². The number of para-hydroxylation sites is 1. The lowest BCUT2D eigenvalue weighted by Gasteiger charge is -2.24. The van der Waals surface area contributed by atoms with Crippen LogP contribution in [-0.4, -0.2) is 39.7 Å². The molecule has 7 nitrogen and oxygen atoms in total. The average Bonchev–Trinajstić information content (AvgIpc) is 2.60. The van der Waals surface area contributed by atoms with Crippen molar-refractivity contribution in [1.29, 1.82) is 0 Å². The molecule has 0 unspecified atom stereocenters. The van der Waals surface area contributed by atoms with Gasteiger partial charge in [-0.05, 0) is 44.5 Å². The van der Waals surface area contributed by atoms with E-state index in [1.54, 1.807) is 44.2 Å². The molecule has 0 bridgehead atoms. The summed E-state index contributed by atoms with van der Waals surface area (Å²) in [4.78, 5) is 24.6. The normalized spacial score (nSPS) is 11.0. The molecule has 0 spiro atoms. The van der Waals surface area contributed by atoms with Crippen LogP contribution in [0.2, 0.25) is 0 Å². The predicted molar refractivity (Wildman–Crippen MR) is 109 cm³/mol. The van der Waals surface area contributed by atoms with Crippen molar-refractivity contribution in [1.82, 2.24) is 0 Å². The summed E-state index contributed by atoms with van der Waals surface area (Å²) in [6.07, 6.45) is 1.05. The molecule has 0 heterocycles. The van der Waals surface area contributed by atoms with Crippen LogP contribution in [0.1, 0.15) is 28.4 Å². The number of nitrogens with zero attached hydrogens (tertiary/aromatic N) is 1. The first-order valence-corrected chi connectivity index (χ1v) is 10.6. The molecule has 0 aliphatic heterocycles. The molecule has 0 saturated carbocycles. The Labute approximate surface area is 165 Å². The van der Waals surface area contributed by atoms with Crippen LogP contribution in [0.4, 0.5) is 11.4 Å². The second-order valence-electron chi connectivity index (χ2n) is 6.37. The van der Waals surface area contributed by atoms with Gasteiger partial charge in [0.2, 0.25) is 15.9 Å². The van der Waals surface area contributed by atoms with Crippen LogP contribution in [0.3, 0.4) is 0 Å². The molecular weight excluding hydrogens is 380 g/mol. The predicted octanol–water partition coefficient (Wildman–Crippen LogP) is 2.88. The number of amides is 1. The maximum atomic E-state index is 12.6. The molecule has 2 aromatic carbocycles. The van der Waals surface area contributed by atoms with Gasteiger partial charge >= 0.3 is 5.97 Å². The van der Waals surface area contributed by atoms with Gasteiger partial charge < -0.3 is 10.1 Å². The van der Waals surface area contributed by atoms with Crippen molar-refractivity contribution in [2.45, 2.75) is 20.8 Å². The summed E-state index contributed by atoms with van der Waals surface area (Å²) >= 11 is 0. The zero-order valence-electron chi connectivity index (χ0n) is 16.4. The molecule has 2 rings (SSSR count). The molecule has 8 heteroatoms. The summed E-state index contributed by atoms with van der Waals surface area (Å²) in [5.74, 6) is -1.13. The first-order valence-electron chi connectivity index (χ1n) is 8.74. The topological polar surface area (TPSA) is 92.8 Å². The van der Waals surface area contributed by atoms with Crippen LogP contribution in [0, 0.1) is 13.8 Å². The minimum atomic E-state index is -3.69. The van der Waals surface area contributed by atoms with Crippen LogP contribution in [-0.2, 0) is 19.6 Å². The molecule has 0 aliphatic rings. The largest absolute Gasteiger partial charge is 0.462 e. The summed E-state index contributed by atoms with van der Waals surface area (Å²) in [6.45, 7) is 5.16. The van der Waals surface area contributed by atoms with Gasteiger partial charge in [0.15, 0.2) is 0 Å². The first kappa shape index (κ1) is 21.4. The van der Waals surface area contributed by atoms with E-state index < -0.39 is 28.4 Å². The van der Waals surface area contributed by atoms with E-state index in [9.17, 15) is 18.0 Å². The number of carbonyl (C=O) groups is 2. The average molecular weight is 404 g/mol. The van der Waals surface area contributed by atoms with Gasteiger partial charge in [0, 0.05) is 0 Å². The number of sulfonamides is 1. The Morgan fingerprint density at radius 1 is 1.11 bits per heavy atom. The fourth-order valence-electron chi connectivity index (χ4n) is 2.77. The lowest BCUT2D eigenvalue weighted by Crippen LogP contribution is -2.38. The third-order valence-corrected chi connectivity index (χ3v) is 5.13. The Bertz CT molecular complexity index is 986. The van der Waals surface area contributed by atoms with E-state index in [1.807, 2.05) is 13.0 Å². The molecule has 150 valence electrons. The van der Waals surface area contributed by atoms with E-state index in [1.165, 1.54) is 6.07 Å². The Balaban J connectivity index is 2.28. The van der Waals surface area contributed by atoms with E-state index in [-0.39, 0.29) is 17.9 Å². The van der Waals surface area contributed by atoms with E-state index in [0.717, 1.165) is 21.7 Å². The van der Waals surface area contributed by atoms with Crippen molar-refractivity contribution in [2.75, 3.05) is 29.0 Å². The van der Waals surface area contributed by atoms with Gasteiger partial charge in [0.25, 0.3) is 0 Å². The van der Waals surface area contributed by atoms with Crippen LogP contribution in [0.25, 0.3) is 0 Å². The maximum absolute atomic E-state index is 12.6. The standard InChI is InChI=1S/C20H24N2O5S/c1-5-27-20(24)16-8-6-7-9-17(16)21-19(23)13-22(28(4,25)26)18-11-10-14(2)12-15(18)3/h6-12H,5,13H2,1-4H3,(H,21,23). The van der Waals surface area contributed by atoms with E-state index in [4.69, 9.17) is 4.74 Å². The summed E-state index contributed by atoms with van der Waals surface area (Å²) in [6, 6.07) is 11.7.